The van der Waals surface area contributed by atoms with Gasteiger partial charge in [-0.3, -0.25) is 0 Å². The van der Waals surface area contributed by atoms with E-state index in [-0.39, 0.29) is 11.3 Å². The SMILES string of the molecule is CC(C)CC(NC(=O)OC(C)(C)C)C(O)c1ccc(C(C)(C)C)cc1C1OCCO1. The maximum absolute atomic E-state index is 12.4. The number of ether oxygens (including phenoxy) is 3. The summed E-state index contributed by atoms with van der Waals surface area (Å²) in [6.07, 6.45) is -1.36. The van der Waals surface area contributed by atoms with Crippen LogP contribution in [0.4, 0.5) is 4.79 Å². The van der Waals surface area contributed by atoms with Crippen molar-refractivity contribution < 1.29 is 24.1 Å². The second-order valence-electron chi connectivity index (χ2n) is 10.5. The third kappa shape index (κ3) is 6.96. The molecule has 0 aromatic heterocycles. The highest BCUT2D eigenvalue weighted by Gasteiger charge is 2.32. The lowest BCUT2D eigenvalue weighted by molar-refractivity contribution is -0.0466. The quantitative estimate of drug-likeness (QED) is 0.676. The summed E-state index contributed by atoms with van der Waals surface area (Å²) in [4.78, 5) is 12.4. The highest BCUT2D eigenvalue weighted by atomic mass is 16.7. The van der Waals surface area contributed by atoms with Crippen LogP contribution in [-0.4, -0.2) is 36.1 Å². The fourth-order valence-electron chi connectivity index (χ4n) is 3.50. The number of alkyl carbamates (subject to hydrolysis) is 1. The molecule has 0 aliphatic carbocycles. The maximum atomic E-state index is 12.4. The van der Waals surface area contributed by atoms with Crippen LogP contribution in [0.25, 0.3) is 0 Å². The molecule has 2 N–H and O–H groups in total. The molecule has 1 heterocycles. The normalized spacial score (nSPS) is 17.8. The van der Waals surface area contributed by atoms with Gasteiger partial charge in [0.1, 0.15) is 5.60 Å². The highest BCUT2D eigenvalue weighted by Crippen LogP contribution is 2.36. The molecule has 1 aromatic rings. The molecular formula is C24H39NO5. The molecule has 2 unspecified atom stereocenters. The van der Waals surface area contributed by atoms with Gasteiger partial charge in [0.25, 0.3) is 0 Å². The first-order valence-electron chi connectivity index (χ1n) is 10.8. The second kappa shape index (κ2) is 9.67. The van der Waals surface area contributed by atoms with Crippen LogP contribution in [0, 0.1) is 5.92 Å². The summed E-state index contributed by atoms with van der Waals surface area (Å²) in [6.45, 7) is 17.0. The zero-order valence-corrected chi connectivity index (χ0v) is 19.7. The van der Waals surface area contributed by atoms with E-state index in [9.17, 15) is 9.90 Å². The lowest BCUT2D eigenvalue weighted by Crippen LogP contribution is -2.43. The highest BCUT2D eigenvalue weighted by molar-refractivity contribution is 5.68. The molecule has 6 nitrogen and oxygen atoms in total. The Balaban J connectivity index is 2.37. The molecule has 2 atom stereocenters. The summed E-state index contributed by atoms with van der Waals surface area (Å²) >= 11 is 0. The first-order chi connectivity index (χ1) is 13.8. The van der Waals surface area contributed by atoms with E-state index in [2.05, 4.69) is 46.0 Å². The van der Waals surface area contributed by atoms with E-state index in [1.54, 1.807) is 0 Å². The Kier molecular flexibility index (Phi) is 7.94. The number of aliphatic hydroxyl groups excluding tert-OH is 1. The predicted octanol–water partition coefficient (Wildman–Crippen LogP) is 5.00. The molecule has 1 fully saturated rings. The molecule has 1 aromatic carbocycles. The molecule has 1 amide bonds. The van der Waals surface area contributed by atoms with Gasteiger partial charge in [-0.1, -0.05) is 46.8 Å². The van der Waals surface area contributed by atoms with E-state index >= 15 is 0 Å². The van der Waals surface area contributed by atoms with Gasteiger partial charge in [0.15, 0.2) is 6.29 Å². The predicted molar refractivity (Wildman–Crippen MR) is 117 cm³/mol. The van der Waals surface area contributed by atoms with Crippen molar-refractivity contribution >= 4 is 6.09 Å². The minimum absolute atomic E-state index is 0.0526. The van der Waals surface area contributed by atoms with Crippen LogP contribution in [0.1, 0.15) is 90.9 Å². The summed E-state index contributed by atoms with van der Waals surface area (Å²) in [5.74, 6) is 0.274. The molecule has 6 heteroatoms. The van der Waals surface area contributed by atoms with Crippen LogP contribution in [0.15, 0.2) is 18.2 Å². The molecule has 30 heavy (non-hydrogen) atoms. The maximum Gasteiger partial charge on any atom is 0.407 e. The zero-order chi connectivity index (χ0) is 22.7. The number of carbonyl (C=O) groups is 1. The number of aliphatic hydroxyl groups is 1. The van der Waals surface area contributed by atoms with Crippen molar-refractivity contribution in [1.82, 2.24) is 5.32 Å². The van der Waals surface area contributed by atoms with E-state index in [0.29, 0.717) is 25.2 Å². The summed E-state index contributed by atoms with van der Waals surface area (Å²) in [6, 6.07) is 5.50. The smallest absolute Gasteiger partial charge is 0.407 e. The van der Waals surface area contributed by atoms with Gasteiger partial charge in [0, 0.05) is 5.56 Å². The first-order valence-corrected chi connectivity index (χ1v) is 10.8. The van der Waals surface area contributed by atoms with Gasteiger partial charge < -0.3 is 24.6 Å². The Hall–Kier alpha value is -1.63. The molecule has 170 valence electrons. The van der Waals surface area contributed by atoms with Crippen molar-refractivity contribution in [3.63, 3.8) is 0 Å². The van der Waals surface area contributed by atoms with Gasteiger partial charge in [0.05, 0.1) is 25.4 Å². The Morgan fingerprint density at radius 1 is 1.17 bits per heavy atom. The van der Waals surface area contributed by atoms with Gasteiger partial charge in [-0.05, 0) is 55.7 Å². The van der Waals surface area contributed by atoms with Crippen LogP contribution < -0.4 is 5.32 Å². The third-order valence-corrected chi connectivity index (χ3v) is 4.96. The lowest BCUT2D eigenvalue weighted by atomic mass is 9.83. The Morgan fingerprint density at radius 2 is 1.77 bits per heavy atom. The number of rotatable bonds is 6. The van der Waals surface area contributed by atoms with E-state index < -0.39 is 30.1 Å². The number of benzene rings is 1. The summed E-state index contributed by atoms with van der Waals surface area (Å²) in [7, 11) is 0. The van der Waals surface area contributed by atoms with Crippen molar-refractivity contribution in [2.75, 3.05) is 13.2 Å². The van der Waals surface area contributed by atoms with Crippen LogP contribution >= 0.6 is 0 Å². The second-order valence-corrected chi connectivity index (χ2v) is 10.5. The van der Waals surface area contributed by atoms with Crippen molar-refractivity contribution in [2.24, 2.45) is 5.92 Å². The van der Waals surface area contributed by atoms with Crippen molar-refractivity contribution in [3.05, 3.63) is 34.9 Å². The number of hydrogen-bond acceptors (Lipinski definition) is 5. The Labute approximate surface area is 181 Å². The average molecular weight is 422 g/mol. The molecular weight excluding hydrogens is 382 g/mol. The van der Waals surface area contributed by atoms with E-state index in [1.807, 2.05) is 32.9 Å². The molecule has 1 saturated heterocycles. The van der Waals surface area contributed by atoms with E-state index in [1.165, 1.54) is 0 Å². The molecule has 0 bridgehead atoms. The van der Waals surface area contributed by atoms with Gasteiger partial charge in [0.2, 0.25) is 0 Å². The van der Waals surface area contributed by atoms with E-state index in [4.69, 9.17) is 14.2 Å². The third-order valence-electron chi connectivity index (χ3n) is 4.96. The topological polar surface area (TPSA) is 77.0 Å². The average Bonchev–Trinajstić information content (AvgIpc) is 3.11. The van der Waals surface area contributed by atoms with Crippen molar-refractivity contribution in [3.8, 4) is 0 Å². The van der Waals surface area contributed by atoms with Gasteiger partial charge in [-0.15, -0.1) is 0 Å². The number of hydrogen-bond donors (Lipinski definition) is 2. The van der Waals surface area contributed by atoms with Gasteiger partial charge in [-0.25, -0.2) is 4.79 Å². The zero-order valence-electron chi connectivity index (χ0n) is 19.7. The van der Waals surface area contributed by atoms with Crippen molar-refractivity contribution in [2.45, 2.75) is 91.3 Å². The fourth-order valence-corrected chi connectivity index (χ4v) is 3.50. The summed E-state index contributed by atoms with van der Waals surface area (Å²) < 4.78 is 16.9. The van der Waals surface area contributed by atoms with Crippen LogP contribution in [0.5, 0.6) is 0 Å². The Morgan fingerprint density at radius 3 is 2.27 bits per heavy atom. The van der Waals surface area contributed by atoms with Crippen molar-refractivity contribution in [1.29, 1.82) is 0 Å². The summed E-state index contributed by atoms with van der Waals surface area (Å²) in [5, 5.41) is 14.2. The monoisotopic (exact) mass is 421 g/mol. The molecule has 2 rings (SSSR count). The first kappa shape index (κ1) is 24.6. The van der Waals surface area contributed by atoms with Crippen LogP contribution in [-0.2, 0) is 19.6 Å². The fraction of sp³-hybridized carbons (Fsp3) is 0.708. The van der Waals surface area contributed by atoms with E-state index in [0.717, 1.165) is 11.1 Å². The lowest BCUT2D eigenvalue weighted by Gasteiger charge is -2.30. The number of nitrogens with one attached hydrogen (secondary N) is 1. The standard InChI is InChI=1S/C24H39NO5/c1-15(2)13-19(25-22(27)30-24(6,7)8)20(26)17-10-9-16(23(3,4)5)14-18(17)21-28-11-12-29-21/h9-10,14-15,19-21,26H,11-13H2,1-8H3,(H,25,27). The number of carbonyl (C=O) groups excluding carboxylic acids is 1. The minimum atomic E-state index is -0.920. The molecule has 0 spiro atoms. The number of amides is 1. The molecule has 0 radical (unpaired) electrons. The Bertz CT molecular complexity index is 711. The van der Waals surface area contributed by atoms with Crippen LogP contribution in [0.2, 0.25) is 0 Å². The summed E-state index contributed by atoms with van der Waals surface area (Å²) in [5.41, 5.74) is 1.99. The largest absolute Gasteiger partial charge is 0.444 e. The van der Waals surface area contributed by atoms with Gasteiger partial charge in [-0.2, -0.15) is 0 Å². The minimum Gasteiger partial charge on any atom is -0.444 e. The molecule has 0 saturated carbocycles. The molecule has 1 aliphatic heterocycles. The van der Waals surface area contributed by atoms with Gasteiger partial charge >= 0.3 is 6.09 Å². The van der Waals surface area contributed by atoms with Crippen LogP contribution in [0.3, 0.4) is 0 Å². The molecule has 1 aliphatic rings.